The first-order valence-corrected chi connectivity index (χ1v) is 8.45. The first kappa shape index (κ1) is 16.6. The van der Waals surface area contributed by atoms with Crippen LogP contribution in [0.1, 0.15) is 5.56 Å². The fourth-order valence-electron chi connectivity index (χ4n) is 2.30. The third-order valence-electron chi connectivity index (χ3n) is 3.59. The Hall–Kier alpha value is -2.21. The lowest BCUT2D eigenvalue weighted by Gasteiger charge is -2.26. The van der Waals surface area contributed by atoms with Crippen LogP contribution in [0.2, 0.25) is 0 Å². The number of hydrogen-bond donors (Lipinski definition) is 1. The van der Waals surface area contributed by atoms with Crippen molar-refractivity contribution in [2.45, 2.75) is 13.0 Å². The number of para-hydroxylation sites is 2. The smallest absolute Gasteiger partial charge is 0.258 e. The van der Waals surface area contributed by atoms with Gasteiger partial charge in [0.05, 0.1) is 6.54 Å². The highest BCUT2D eigenvalue weighted by atomic mass is 79.9. The Bertz CT molecular complexity index is 735. The molecule has 1 aliphatic rings. The molecular formula is C18H18BrNO4. The Morgan fingerprint density at radius 3 is 2.88 bits per heavy atom. The van der Waals surface area contributed by atoms with Crippen molar-refractivity contribution in [2.75, 3.05) is 19.8 Å². The van der Waals surface area contributed by atoms with Gasteiger partial charge in [-0.05, 0) is 42.8 Å². The summed E-state index contributed by atoms with van der Waals surface area (Å²) in [4.78, 5) is 11.9. The summed E-state index contributed by atoms with van der Waals surface area (Å²) in [5.41, 5.74) is 1.05. The third-order valence-corrected chi connectivity index (χ3v) is 4.48. The van der Waals surface area contributed by atoms with Crippen molar-refractivity contribution in [1.29, 1.82) is 0 Å². The maximum absolute atomic E-state index is 11.9. The number of ether oxygens (including phenoxy) is 3. The number of nitrogens with one attached hydrogen (secondary N) is 1. The van der Waals surface area contributed by atoms with Gasteiger partial charge >= 0.3 is 0 Å². The lowest BCUT2D eigenvalue weighted by Crippen LogP contribution is -2.42. The van der Waals surface area contributed by atoms with Crippen molar-refractivity contribution in [3.05, 3.63) is 52.5 Å². The van der Waals surface area contributed by atoms with Crippen LogP contribution in [-0.2, 0) is 4.79 Å². The normalized spacial score (nSPS) is 15.7. The summed E-state index contributed by atoms with van der Waals surface area (Å²) in [5.74, 6) is 1.90. The Morgan fingerprint density at radius 2 is 2.08 bits per heavy atom. The van der Waals surface area contributed by atoms with Gasteiger partial charge in [-0.2, -0.15) is 0 Å². The molecule has 1 N–H and O–H groups in total. The van der Waals surface area contributed by atoms with Gasteiger partial charge in [-0.25, -0.2) is 0 Å². The lowest BCUT2D eigenvalue weighted by atomic mass is 10.2. The Labute approximate surface area is 149 Å². The van der Waals surface area contributed by atoms with Crippen molar-refractivity contribution in [1.82, 2.24) is 5.32 Å². The second-order valence-corrected chi connectivity index (χ2v) is 6.36. The largest absolute Gasteiger partial charge is 0.486 e. The molecule has 1 heterocycles. The summed E-state index contributed by atoms with van der Waals surface area (Å²) < 4.78 is 17.9. The van der Waals surface area contributed by atoms with Gasteiger partial charge in [0.1, 0.15) is 18.5 Å². The van der Waals surface area contributed by atoms with Crippen LogP contribution in [0.15, 0.2) is 46.9 Å². The Kier molecular flexibility index (Phi) is 5.25. The summed E-state index contributed by atoms with van der Waals surface area (Å²) in [6.07, 6.45) is -0.209. The van der Waals surface area contributed by atoms with E-state index in [2.05, 4.69) is 21.2 Å². The van der Waals surface area contributed by atoms with Crippen LogP contribution < -0.4 is 19.5 Å². The van der Waals surface area contributed by atoms with E-state index in [1.54, 1.807) is 0 Å². The van der Waals surface area contributed by atoms with Crippen LogP contribution in [0.3, 0.4) is 0 Å². The van der Waals surface area contributed by atoms with Crippen molar-refractivity contribution >= 4 is 21.8 Å². The van der Waals surface area contributed by atoms with E-state index in [1.165, 1.54) is 0 Å². The number of aryl methyl sites for hydroxylation is 1. The third kappa shape index (κ3) is 4.20. The first-order valence-electron chi connectivity index (χ1n) is 7.66. The van der Waals surface area contributed by atoms with Gasteiger partial charge in [-0.15, -0.1) is 0 Å². The number of carbonyl (C=O) groups is 1. The van der Waals surface area contributed by atoms with Crippen LogP contribution in [0.5, 0.6) is 17.2 Å². The van der Waals surface area contributed by atoms with E-state index in [4.69, 9.17) is 14.2 Å². The fraction of sp³-hybridized carbons (Fsp3) is 0.278. The molecule has 5 nitrogen and oxygen atoms in total. The molecule has 1 aliphatic heterocycles. The van der Waals surface area contributed by atoms with Crippen LogP contribution in [0.25, 0.3) is 0 Å². The summed E-state index contributed by atoms with van der Waals surface area (Å²) >= 11 is 3.43. The van der Waals surface area contributed by atoms with Crippen LogP contribution >= 0.6 is 15.9 Å². The SMILES string of the molecule is Cc1cc(OCC(=O)NCC2COc3ccccc3O2)ccc1Br. The van der Waals surface area contributed by atoms with E-state index >= 15 is 0 Å². The number of halogens is 1. The molecule has 6 heteroatoms. The summed E-state index contributed by atoms with van der Waals surface area (Å²) in [6.45, 7) is 2.71. The lowest BCUT2D eigenvalue weighted by molar-refractivity contribution is -0.123. The van der Waals surface area contributed by atoms with Crippen molar-refractivity contribution in [3.8, 4) is 17.2 Å². The Balaban J connectivity index is 1.44. The van der Waals surface area contributed by atoms with Crippen LogP contribution in [0, 0.1) is 6.92 Å². The maximum atomic E-state index is 11.9. The number of carbonyl (C=O) groups excluding carboxylic acids is 1. The topological polar surface area (TPSA) is 56.8 Å². The number of benzene rings is 2. The molecular weight excluding hydrogens is 374 g/mol. The maximum Gasteiger partial charge on any atom is 0.258 e. The van der Waals surface area contributed by atoms with Gasteiger partial charge in [0.2, 0.25) is 0 Å². The molecule has 1 atom stereocenters. The van der Waals surface area contributed by atoms with E-state index in [0.29, 0.717) is 24.7 Å². The molecule has 2 aromatic rings. The van der Waals surface area contributed by atoms with Crippen molar-refractivity contribution in [3.63, 3.8) is 0 Å². The minimum absolute atomic E-state index is 0.0365. The molecule has 3 rings (SSSR count). The standard InChI is InChI=1S/C18H18BrNO4/c1-12-8-13(6-7-15(12)19)22-11-18(21)20-9-14-10-23-16-4-2-3-5-17(16)24-14/h2-8,14H,9-11H2,1H3,(H,20,21). The van der Waals surface area contributed by atoms with E-state index in [1.807, 2.05) is 49.4 Å². The van der Waals surface area contributed by atoms with Crippen LogP contribution in [-0.4, -0.2) is 31.8 Å². The van der Waals surface area contributed by atoms with Gasteiger partial charge in [0.15, 0.2) is 18.1 Å². The molecule has 0 aromatic heterocycles. The van der Waals surface area contributed by atoms with Crippen LogP contribution in [0.4, 0.5) is 0 Å². The molecule has 0 aliphatic carbocycles. The molecule has 1 amide bonds. The van der Waals surface area contributed by atoms with E-state index in [0.717, 1.165) is 15.8 Å². The second-order valence-electron chi connectivity index (χ2n) is 5.50. The number of fused-ring (bicyclic) bond motifs is 1. The predicted octanol–water partition coefficient (Wildman–Crippen LogP) is 3.09. The zero-order chi connectivity index (χ0) is 16.9. The van der Waals surface area contributed by atoms with Gasteiger partial charge in [0, 0.05) is 4.47 Å². The molecule has 1 unspecified atom stereocenters. The van der Waals surface area contributed by atoms with Crippen molar-refractivity contribution in [2.24, 2.45) is 0 Å². The van der Waals surface area contributed by atoms with E-state index in [9.17, 15) is 4.79 Å². The molecule has 126 valence electrons. The molecule has 2 aromatic carbocycles. The minimum Gasteiger partial charge on any atom is -0.486 e. The fourth-order valence-corrected chi connectivity index (χ4v) is 2.54. The summed E-state index contributed by atoms with van der Waals surface area (Å²) in [6, 6.07) is 13.1. The number of rotatable bonds is 5. The zero-order valence-corrected chi connectivity index (χ0v) is 14.8. The van der Waals surface area contributed by atoms with Gasteiger partial charge in [0.25, 0.3) is 5.91 Å². The second kappa shape index (κ2) is 7.57. The Morgan fingerprint density at radius 1 is 1.29 bits per heavy atom. The van der Waals surface area contributed by atoms with E-state index in [-0.39, 0.29) is 18.6 Å². The molecule has 0 radical (unpaired) electrons. The number of amides is 1. The summed E-state index contributed by atoms with van der Waals surface area (Å²) in [7, 11) is 0. The quantitative estimate of drug-likeness (QED) is 0.850. The van der Waals surface area contributed by atoms with Gasteiger partial charge in [-0.3, -0.25) is 4.79 Å². The van der Waals surface area contributed by atoms with Gasteiger partial charge in [-0.1, -0.05) is 28.1 Å². The number of hydrogen-bond acceptors (Lipinski definition) is 4. The first-order chi connectivity index (χ1) is 11.6. The average Bonchev–Trinajstić information content (AvgIpc) is 2.60. The zero-order valence-electron chi connectivity index (χ0n) is 13.3. The van der Waals surface area contributed by atoms with E-state index < -0.39 is 0 Å². The average molecular weight is 392 g/mol. The highest BCUT2D eigenvalue weighted by Gasteiger charge is 2.21. The molecule has 0 saturated carbocycles. The molecule has 0 spiro atoms. The monoisotopic (exact) mass is 391 g/mol. The summed E-state index contributed by atoms with van der Waals surface area (Å²) in [5, 5.41) is 2.80. The molecule has 0 saturated heterocycles. The van der Waals surface area contributed by atoms with Crippen molar-refractivity contribution < 1.29 is 19.0 Å². The molecule has 24 heavy (non-hydrogen) atoms. The molecule has 0 fully saturated rings. The highest BCUT2D eigenvalue weighted by Crippen LogP contribution is 2.30. The predicted molar refractivity (Wildman–Crippen MR) is 93.7 cm³/mol. The molecule has 0 bridgehead atoms. The minimum atomic E-state index is -0.209. The van der Waals surface area contributed by atoms with Gasteiger partial charge < -0.3 is 19.5 Å². The highest BCUT2D eigenvalue weighted by molar-refractivity contribution is 9.10.